The summed E-state index contributed by atoms with van der Waals surface area (Å²) in [6.45, 7) is 3.29. The van der Waals surface area contributed by atoms with Crippen molar-refractivity contribution in [2.24, 2.45) is 0 Å². The number of hydrogen-bond donors (Lipinski definition) is 1. The molecule has 0 aromatic heterocycles. The van der Waals surface area contributed by atoms with E-state index in [1.54, 1.807) is 14.2 Å². The third-order valence-corrected chi connectivity index (χ3v) is 4.47. The van der Waals surface area contributed by atoms with Gasteiger partial charge in [-0.05, 0) is 31.0 Å². The minimum atomic E-state index is 0. The van der Waals surface area contributed by atoms with E-state index in [2.05, 4.69) is 18.3 Å². The van der Waals surface area contributed by atoms with Crippen LogP contribution in [0.15, 0.2) is 17.0 Å². The summed E-state index contributed by atoms with van der Waals surface area (Å²) in [5, 5.41) is 3.59. The number of rotatable bonds is 5. The minimum absolute atomic E-state index is 0. The van der Waals surface area contributed by atoms with Crippen molar-refractivity contribution in [2.45, 2.75) is 30.7 Å². The van der Waals surface area contributed by atoms with Gasteiger partial charge < -0.3 is 14.8 Å². The van der Waals surface area contributed by atoms with E-state index in [1.165, 1.54) is 16.9 Å². The van der Waals surface area contributed by atoms with Crippen molar-refractivity contribution in [1.82, 2.24) is 5.32 Å². The van der Waals surface area contributed by atoms with Crippen molar-refractivity contribution < 1.29 is 9.47 Å². The first-order chi connectivity index (χ1) is 8.80. The second kappa shape index (κ2) is 7.88. The highest BCUT2D eigenvalue weighted by atomic mass is 35.5. The smallest absolute Gasteiger partial charge is 0.174 e. The second-order valence-corrected chi connectivity index (χ2v) is 5.49. The molecule has 0 aliphatic carbocycles. The molecule has 1 aromatic rings. The maximum absolute atomic E-state index is 5.48. The first-order valence-corrected chi connectivity index (χ1v) is 7.38. The molecule has 1 aliphatic rings. The molecule has 1 N–H and O–H groups in total. The zero-order chi connectivity index (χ0) is 13.0. The fourth-order valence-corrected chi connectivity index (χ4v) is 3.50. The summed E-state index contributed by atoms with van der Waals surface area (Å²) in [4.78, 5) is 1.24. The van der Waals surface area contributed by atoms with Crippen LogP contribution in [-0.4, -0.2) is 32.6 Å². The maximum atomic E-state index is 5.48. The fourth-order valence-electron chi connectivity index (χ4n) is 2.25. The van der Waals surface area contributed by atoms with E-state index >= 15 is 0 Å². The Labute approximate surface area is 125 Å². The van der Waals surface area contributed by atoms with Crippen LogP contribution in [0, 0.1) is 0 Å². The molecule has 1 unspecified atom stereocenters. The molecule has 1 aromatic carbocycles. The number of methoxy groups -OCH3 is 2. The van der Waals surface area contributed by atoms with Gasteiger partial charge in [-0.2, -0.15) is 0 Å². The van der Waals surface area contributed by atoms with E-state index in [0.29, 0.717) is 6.04 Å². The molecule has 1 atom stereocenters. The Morgan fingerprint density at radius 1 is 1.32 bits per heavy atom. The predicted molar refractivity (Wildman–Crippen MR) is 83.3 cm³/mol. The van der Waals surface area contributed by atoms with Crippen molar-refractivity contribution in [3.63, 3.8) is 0 Å². The predicted octanol–water partition coefficient (Wildman–Crippen LogP) is 3.14. The van der Waals surface area contributed by atoms with Crippen molar-refractivity contribution in [3.05, 3.63) is 17.7 Å². The Kier molecular flexibility index (Phi) is 6.83. The lowest BCUT2D eigenvalue weighted by Gasteiger charge is -2.27. The molecule has 0 radical (unpaired) electrons. The summed E-state index contributed by atoms with van der Waals surface area (Å²) < 4.78 is 10.8. The van der Waals surface area contributed by atoms with Gasteiger partial charge in [0.25, 0.3) is 0 Å². The molecule has 0 saturated carbocycles. The fraction of sp³-hybridized carbons (Fsp3) is 0.571. The molecule has 2 rings (SSSR count). The normalized spacial score (nSPS) is 17.3. The second-order valence-electron chi connectivity index (χ2n) is 4.46. The Hall–Kier alpha value is -0.580. The van der Waals surface area contributed by atoms with Gasteiger partial charge in [-0.1, -0.05) is 13.0 Å². The van der Waals surface area contributed by atoms with Crippen LogP contribution in [0.5, 0.6) is 11.5 Å². The van der Waals surface area contributed by atoms with E-state index in [4.69, 9.17) is 9.47 Å². The number of ether oxygens (including phenoxy) is 2. The van der Waals surface area contributed by atoms with Gasteiger partial charge in [0.15, 0.2) is 11.5 Å². The van der Waals surface area contributed by atoms with Gasteiger partial charge in [0.1, 0.15) is 0 Å². The van der Waals surface area contributed by atoms with Crippen LogP contribution >= 0.6 is 24.2 Å². The van der Waals surface area contributed by atoms with Gasteiger partial charge in [0, 0.05) is 11.8 Å². The topological polar surface area (TPSA) is 30.5 Å². The Morgan fingerprint density at radius 3 is 2.74 bits per heavy atom. The van der Waals surface area contributed by atoms with E-state index in [9.17, 15) is 0 Å². The highest BCUT2D eigenvalue weighted by molar-refractivity contribution is 7.99. The average molecular weight is 304 g/mol. The Balaban J connectivity index is 0.00000180. The summed E-state index contributed by atoms with van der Waals surface area (Å²) in [6, 6.07) is 4.73. The summed E-state index contributed by atoms with van der Waals surface area (Å²) in [6.07, 6.45) is 2.25. The van der Waals surface area contributed by atoms with E-state index < -0.39 is 0 Å². The van der Waals surface area contributed by atoms with Crippen molar-refractivity contribution in [3.8, 4) is 11.5 Å². The molecule has 3 nitrogen and oxygen atoms in total. The zero-order valence-corrected chi connectivity index (χ0v) is 13.3. The van der Waals surface area contributed by atoms with Gasteiger partial charge >= 0.3 is 0 Å². The molecular weight excluding hydrogens is 282 g/mol. The molecule has 108 valence electrons. The quantitative estimate of drug-likeness (QED) is 0.905. The zero-order valence-electron chi connectivity index (χ0n) is 11.7. The van der Waals surface area contributed by atoms with Crippen molar-refractivity contribution >= 4 is 24.2 Å². The molecule has 19 heavy (non-hydrogen) atoms. The van der Waals surface area contributed by atoms with Crippen molar-refractivity contribution in [2.75, 3.05) is 26.5 Å². The standard InChI is InChI=1S/C14H21NO2S.ClH/c1-4-7-15-11-8-10-5-6-12(16-2)13(17-3)14(10)18-9-11;/h5-6,11,15H,4,7-9H2,1-3H3;1H. The van der Waals surface area contributed by atoms with Gasteiger partial charge in [-0.3, -0.25) is 0 Å². The number of thioether (sulfide) groups is 1. The first-order valence-electron chi connectivity index (χ1n) is 6.40. The number of halogens is 1. The van der Waals surface area contributed by atoms with Gasteiger partial charge in [0.2, 0.25) is 0 Å². The summed E-state index contributed by atoms with van der Waals surface area (Å²) in [7, 11) is 3.39. The molecule has 5 heteroatoms. The van der Waals surface area contributed by atoms with Crippen LogP contribution in [-0.2, 0) is 6.42 Å². The first kappa shape index (κ1) is 16.5. The van der Waals surface area contributed by atoms with E-state index in [0.717, 1.165) is 30.2 Å². The van der Waals surface area contributed by atoms with Gasteiger partial charge in [0.05, 0.1) is 19.1 Å². The number of fused-ring (bicyclic) bond motifs is 1. The number of nitrogens with one attached hydrogen (secondary N) is 1. The Bertz CT molecular complexity index is 415. The summed E-state index contributed by atoms with van der Waals surface area (Å²) in [5.41, 5.74) is 1.36. The van der Waals surface area contributed by atoms with Crippen LogP contribution in [0.4, 0.5) is 0 Å². The molecule has 1 aliphatic heterocycles. The molecule has 0 bridgehead atoms. The highest BCUT2D eigenvalue weighted by Crippen LogP contribution is 2.43. The summed E-state index contributed by atoms with van der Waals surface area (Å²) in [5.74, 6) is 2.80. The number of benzene rings is 1. The van der Waals surface area contributed by atoms with E-state index in [1.807, 2.05) is 17.8 Å². The van der Waals surface area contributed by atoms with E-state index in [-0.39, 0.29) is 12.4 Å². The lowest BCUT2D eigenvalue weighted by atomic mass is 10.1. The largest absolute Gasteiger partial charge is 0.493 e. The lowest BCUT2D eigenvalue weighted by Crippen LogP contribution is -2.36. The lowest BCUT2D eigenvalue weighted by molar-refractivity contribution is 0.346. The minimum Gasteiger partial charge on any atom is -0.493 e. The molecule has 0 saturated heterocycles. The van der Waals surface area contributed by atoms with Gasteiger partial charge in [-0.25, -0.2) is 0 Å². The molecule has 0 spiro atoms. The molecule has 1 heterocycles. The van der Waals surface area contributed by atoms with Gasteiger partial charge in [-0.15, -0.1) is 24.2 Å². The SMILES string of the molecule is CCCNC1CSc2c(ccc(OC)c2OC)C1.Cl. The van der Waals surface area contributed by atoms with Crippen molar-refractivity contribution in [1.29, 1.82) is 0 Å². The third kappa shape index (κ3) is 3.71. The monoisotopic (exact) mass is 303 g/mol. The maximum Gasteiger partial charge on any atom is 0.174 e. The average Bonchev–Trinajstić information content (AvgIpc) is 2.43. The molecular formula is C14H22ClNO2S. The van der Waals surface area contributed by atoms with Crippen LogP contribution in [0.3, 0.4) is 0 Å². The van der Waals surface area contributed by atoms with Crippen LogP contribution in [0.2, 0.25) is 0 Å². The van der Waals surface area contributed by atoms with Crippen LogP contribution < -0.4 is 14.8 Å². The number of hydrogen-bond acceptors (Lipinski definition) is 4. The van der Waals surface area contributed by atoms with Crippen LogP contribution in [0.1, 0.15) is 18.9 Å². The highest BCUT2D eigenvalue weighted by Gasteiger charge is 2.23. The third-order valence-electron chi connectivity index (χ3n) is 3.16. The summed E-state index contributed by atoms with van der Waals surface area (Å²) >= 11 is 1.86. The molecule has 0 fully saturated rings. The van der Waals surface area contributed by atoms with Crippen LogP contribution in [0.25, 0.3) is 0 Å². The molecule has 0 amide bonds. The Morgan fingerprint density at radius 2 is 2.11 bits per heavy atom.